The Kier molecular flexibility index (Phi) is 3.91. The monoisotopic (exact) mass is 373 g/mol. The normalized spacial score (nSPS) is 11.1. The van der Waals surface area contributed by atoms with E-state index in [0.29, 0.717) is 12.2 Å². The van der Waals surface area contributed by atoms with Gasteiger partial charge in [0.05, 0.1) is 6.42 Å². The molecule has 0 amide bonds. The van der Waals surface area contributed by atoms with E-state index in [1.165, 1.54) is 0 Å². The van der Waals surface area contributed by atoms with Crippen LogP contribution in [0.25, 0.3) is 22.3 Å². The summed E-state index contributed by atoms with van der Waals surface area (Å²) in [6.45, 7) is 0. The maximum atomic E-state index is 6.03. The van der Waals surface area contributed by atoms with Gasteiger partial charge in [0.2, 0.25) is 0 Å². The highest BCUT2D eigenvalue weighted by molar-refractivity contribution is 7.09. The van der Waals surface area contributed by atoms with Crippen LogP contribution in [0, 0.1) is 0 Å². The molecule has 0 saturated carbocycles. The topological polar surface area (TPSA) is 79.5 Å². The van der Waals surface area contributed by atoms with Crippen LogP contribution in [-0.4, -0.2) is 25.1 Å². The molecule has 2 N–H and O–H groups in total. The van der Waals surface area contributed by atoms with Gasteiger partial charge in [-0.2, -0.15) is 0 Å². The number of nitrogens with one attached hydrogen (secondary N) is 2. The summed E-state index contributed by atoms with van der Waals surface area (Å²) >= 11 is 1.61. The molecule has 3 heterocycles. The van der Waals surface area contributed by atoms with Gasteiger partial charge in [-0.1, -0.05) is 12.1 Å². The average molecular weight is 373 g/mol. The molecule has 0 bridgehead atoms. The number of H-pyrrole nitrogens is 2. The molecular weight excluding hydrogens is 358 g/mol. The molecule has 0 spiro atoms. The molecule has 3 aromatic heterocycles. The minimum atomic E-state index is 0.650. The van der Waals surface area contributed by atoms with E-state index in [1.807, 2.05) is 60.1 Å². The maximum Gasteiger partial charge on any atom is 0.161 e. The summed E-state index contributed by atoms with van der Waals surface area (Å²) < 4.78 is 6.03. The van der Waals surface area contributed by atoms with Crippen LogP contribution in [-0.2, 0) is 6.42 Å². The van der Waals surface area contributed by atoms with Crippen LogP contribution >= 0.6 is 11.3 Å². The zero-order chi connectivity index (χ0) is 18.1. The number of hydrogen-bond donors (Lipinski definition) is 2. The first-order valence-electron chi connectivity index (χ1n) is 8.49. The summed E-state index contributed by atoms with van der Waals surface area (Å²) in [5, 5.41) is 12.6. The van der Waals surface area contributed by atoms with Gasteiger partial charge >= 0.3 is 0 Å². The van der Waals surface area contributed by atoms with Gasteiger partial charge in [-0.15, -0.1) is 21.5 Å². The highest BCUT2D eigenvalue weighted by Crippen LogP contribution is 2.28. The molecule has 5 aromatic rings. The second-order valence-electron chi connectivity index (χ2n) is 6.08. The van der Waals surface area contributed by atoms with Crippen LogP contribution < -0.4 is 4.74 Å². The molecule has 2 aromatic carbocycles. The third-order valence-corrected chi connectivity index (χ3v) is 4.98. The van der Waals surface area contributed by atoms with Crippen molar-refractivity contribution in [3.8, 4) is 22.9 Å². The molecule has 27 heavy (non-hydrogen) atoms. The molecule has 0 radical (unpaired) electrons. The lowest BCUT2D eigenvalue weighted by atomic mass is 10.2. The predicted molar refractivity (Wildman–Crippen MR) is 105 cm³/mol. The Bertz CT molecular complexity index is 1190. The SMILES string of the molecule is c1cc(Oc2ccc3[nH]ccc3c2)cc(-c2nnc(Cc3nccs3)[nH]2)c1. The molecule has 0 aliphatic rings. The maximum absolute atomic E-state index is 6.03. The summed E-state index contributed by atoms with van der Waals surface area (Å²) in [4.78, 5) is 10.7. The van der Waals surface area contributed by atoms with E-state index in [2.05, 4.69) is 25.1 Å². The number of benzene rings is 2. The van der Waals surface area contributed by atoms with Crippen molar-refractivity contribution in [3.63, 3.8) is 0 Å². The van der Waals surface area contributed by atoms with E-state index >= 15 is 0 Å². The van der Waals surface area contributed by atoms with E-state index in [9.17, 15) is 0 Å². The van der Waals surface area contributed by atoms with Gasteiger partial charge < -0.3 is 14.7 Å². The Morgan fingerprint density at radius 2 is 1.96 bits per heavy atom. The van der Waals surface area contributed by atoms with Crippen molar-refractivity contribution in [3.05, 3.63) is 77.1 Å². The fraction of sp³-hybridized carbons (Fsp3) is 0.0500. The molecule has 0 aliphatic carbocycles. The zero-order valence-corrected chi connectivity index (χ0v) is 15.0. The molecule has 0 fully saturated rings. The number of nitrogens with zero attached hydrogens (tertiary/aromatic N) is 3. The lowest BCUT2D eigenvalue weighted by molar-refractivity contribution is 0.483. The summed E-state index contributed by atoms with van der Waals surface area (Å²) in [6, 6.07) is 15.8. The smallest absolute Gasteiger partial charge is 0.161 e. The van der Waals surface area contributed by atoms with E-state index in [4.69, 9.17) is 4.74 Å². The molecule has 0 saturated heterocycles. The number of thiazole rings is 1. The number of hydrogen-bond acceptors (Lipinski definition) is 5. The van der Waals surface area contributed by atoms with Crippen molar-refractivity contribution in [2.24, 2.45) is 0 Å². The van der Waals surface area contributed by atoms with Crippen LogP contribution in [0.2, 0.25) is 0 Å². The standard InChI is InChI=1S/C20H15N5OS/c1-2-14(20-23-18(24-25-20)12-19-22-8-9-27-19)11-15(3-1)26-16-4-5-17-13(10-16)6-7-21-17/h1-11,21H,12H2,(H,23,24,25). The molecule has 0 aliphatic heterocycles. The molecular formula is C20H15N5OS. The first kappa shape index (κ1) is 15.8. The van der Waals surface area contributed by atoms with Crippen LogP contribution in [0.15, 0.2) is 66.3 Å². The quantitative estimate of drug-likeness (QED) is 0.464. The van der Waals surface area contributed by atoms with Gasteiger partial charge in [0, 0.05) is 34.2 Å². The number of ether oxygens (including phenoxy) is 1. The number of aromatic nitrogens is 5. The third-order valence-electron chi connectivity index (χ3n) is 4.20. The van der Waals surface area contributed by atoms with Crippen molar-refractivity contribution in [1.82, 2.24) is 25.1 Å². The summed E-state index contributed by atoms with van der Waals surface area (Å²) in [7, 11) is 0. The van der Waals surface area contributed by atoms with E-state index in [1.54, 1.807) is 17.5 Å². The lowest BCUT2D eigenvalue weighted by Crippen LogP contribution is -1.89. The fourth-order valence-corrected chi connectivity index (χ4v) is 3.55. The first-order valence-corrected chi connectivity index (χ1v) is 9.37. The number of fused-ring (bicyclic) bond motifs is 1. The second-order valence-corrected chi connectivity index (χ2v) is 7.06. The van der Waals surface area contributed by atoms with Crippen molar-refractivity contribution in [2.45, 2.75) is 6.42 Å². The molecule has 132 valence electrons. The van der Waals surface area contributed by atoms with Crippen molar-refractivity contribution in [2.75, 3.05) is 0 Å². The Morgan fingerprint density at radius 1 is 1.00 bits per heavy atom. The van der Waals surface area contributed by atoms with Gasteiger partial charge in [-0.3, -0.25) is 0 Å². The molecule has 6 nitrogen and oxygen atoms in total. The number of rotatable bonds is 5. The first-order chi connectivity index (χ1) is 13.3. The largest absolute Gasteiger partial charge is 0.457 e. The van der Waals surface area contributed by atoms with Gasteiger partial charge in [-0.25, -0.2) is 4.98 Å². The Morgan fingerprint density at radius 3 is 2.89 bits per heavy atom. The highest BCUT2D eigenvalue weighted by atomic mass is 32.1. The van der Waals surface area contributed by atoms with E-state index in [-0.39, 0.29) is 0 Å². The van der Waals surface area contributed by atoms with Crippen molar-refractivity contribution in [1.29, 1.82) is 0 Å². The fourth-order valence-electron chi connectivity index (χ4n) is 2.93. The minimum absolute atomic E-state index is 0.650. The zero-order valence-electron chi connectivity index (χ0n) is 14.2. The second kappa shape index (κ2) is 6.69. The lowest BCUT2D eigenvalue weighted by Gasteiger charge is -2.07. The van der Waals surface area contributed by atoms with Crippen LogP contribution in [0.3, 0.4) is 0 Å². The summed E-state index contributed by atoms with van der Waals surface area (Å²) in [5.74, 6) is 3.05. The third kappa shape index (κ3) is 3.32. The Hall–Kier alpha value is -3.45. The van der Waals surface area contributed by atoms with Crippen molar-refractivity contribution >= 4 is 22.2 Å². The van der Waals surface area contributed by atoms with Gasteiger partial charge in [0.25, 0.3) is 0 Å². The van der Waals surface area contributed by atoms with Crippen LogP contribution in [0.4, 0.5) is 0 Å². The number of aromatic amines is 2. The average Bonchev–Trinajstić information content (AvgIpc) is 3.44. The highest BCUT2D eigenvalue weighted by Gasteiger charge is 2.09. The van der Waals surface area contributed by atoms with E-state index in [0.717, 1.165) is 38.8 Å². The molecule has 0 atom stereocenters. The Balaban J connectivity index is 1.37. The van der Waals surface area contributed by atoms with Gasteiger partial charge in [0.15, 0.2) is 5.82 Å². The Labute approximate surface area is 158 Å². The van der Waals surface area contributed by atoms with Gasteiger partial charge in [-0.05, 0) is 36.4 Å². The minimum Gasteiger partial charge on any atom is -0.457 e. The molecule has 0 unspecified atom stereocenters. The predicted octanol–water partition coefficient (Wildman–Crippen LogP) is 4.79. The summed E-state index contributed by atoms with van der Waals surface area (Å²) in [6.07, 6.45) is 4.36. The summed E-state index contributed by atoms with van der Waals surface area (Å²) in [5.41, 5.74) is 2.01. The van der Waals surface area contributed by atoms with Gasteiger partial charge in [0.1, 0.15) is 22.3 Å². The van der Waals surface area contributed by atoms with Crippen LogP contribution in [0.1, 0.15) is 10.8 Å². The molecule has 7 heteroatoms. The van der Waals surface area contributed by atoms with Crippen LogP contribution in [0.5, 0.6) is 11.5 Å². The molecule has 5 rings (SSSR count). The van der Waals surface area contributed by atoms with E-state index < -0.39 is 0 Å². The van der Waals surface area contributed by atoms with Crippen molar-refractivity contribution < 1.29 is 4.74 Å².